The van der Waals surface area contributed by atoms with E-state index < -0.39 is 29.5 Å². The number of fused-ring (bicyclic) bond motifs is 3. The molecule has 214 valence electrons. The fraction of sp³-hybridized carbons (Fsp3) is 0.448. The van der Waals surface area contributed by atoms with Crippen molar-refractivity contribution in [1.29, 1.82) is 0 Å². The molecule has 3 amide bonds. The minimum atomic E-state index is -0.738. The number of carbonyl (C=O) groups excluding carboxylic acids is 4. The van der Waals surface area contributed by atoms with E-state index >= 15 is 0 Å². The number of nitrogens with one attached hydrogen (secondary N) is 1. The number of benzene rings is 2. The molecule has 1 aliphatic carbocycles. The number of amides is 3. The van der Waals surface area contributed by atoms with Crippen molar-refractivity contribution < 1.29 is 38.3 Å². The van der Waals surface area contributed by atoms with Gasteiger partial charge in [-0.25, -0.2) is 9.59 Å². The van der Waals surface area contributed by atoms with Crippen LogP contribution < -0.4 is 5.32 Å². The topological polar surface area (TPSA) is 124 Å². The molecular weight excluding hydrogens is 518 g/mol. The molecule has 4 rings (SSSR count). The van der Waals surface area contributed by atoms with Gasteiger partial charge < -0.3 is 19.6 Å². The van der Waals surface area contributed by atoms with Crippen LogP contribution in [0, 0.1) is 0 Å². The van der Waals surface area contributed by atoms with Gasteiger partial charge in [-0.3, -0.25) is 14.4 Å². The number of ether oxygens (including phenoxy) is 2. The molecule has 2 aromatic carbocycles. The predicted octanol–water partition coefficient (Wildman–Crippen LogP) is 3.53. The first-order chi connectivity index (χ1) is 19.1. The number of alkyl carbamates (subject to hydrolysis) is 1. The molecule has 2 aliphatic rings. The Hall–Kier alpha value is -3.80. The van der Waals surface area contributed by atoms with Crippen LogP contribution in [-0.4, -0.2) is 73.1 Å². The average Bonchev–Trinajstić information content (AvgIpc) is 3.42. The molecule has 0 radical (unpaired) electrons. The molecule has 1 aliphatic heterocycles. The normalized spacial score (nSPS) is 14.8. The monoisotopic (exact) mass is 553 g/mol. The summed E-state index contributed by atoms with van der Waals surface area (Å²) in [6.07, 6.45) is -0.0222. The Kier molecular flexibility index (Phi) is 9.51. The first kappa shape index (κ1) is 29.2. The van der Waals surface area contributed by atoms with E-state index in [1.165, 1.54) is 16.2 Å². The van der Waals surface area contributed by atoms with Gasteiger partial charge in [-0.15, -0.1) is 5.06 Å². The molecule has 1 fully saturated rings. The Bertz CT molecular complexity index is 1190. The zero-order chi connectivity index (χ0) is 28.7. The molecule has 1 saturated heterocycles. The summed E-state index contributed by atoms with van der Waals surface area (Å²) in [7, 11) is 1.64. The van der Waals surface area contributed by atoms with E-state index in [-0.39, 0.29) is 45.1 Å². The van der Waals surface area contributed by atoms with Gasteiger partial charge in [0.15, 0.2) is 0 Å². The fourth-order valence-corrected chi connectivity index (χ4v) is 4.58. The summed E-state index contributed by atoms with van der Waals surface area (Å²) in [5.74, 6) is -1.79. The lowest BCUT2D eigenvalue weighted by Crippen LogP contribution is -2.36. The van der Waals surface area contributed by atoms with Gasteiger partial charge in [0.25, 0.3) is 11.8 Å². The van der Waals surface area contributed by atoms with E-state index in [1.54, 1.807) is 7.05 Å². The molecule has 0 aromatic heterocycles. The van der Waals surface area contributed by atoms with Gasteiger partial charge in [-0.05, 0) is 42.5 Å². The molecular formula is C29H35N3O8. The van der Waals surface area contributed by atoms with Crippen molar-refractivity contribution >= 4 is 23.9 Å². The zero-order valence-corrected chi connectivity index (χ0v) is 23.0. The van der Waals surface area contributed by atoms with Crippen molar-refractivity contribution in [2.75, 3.05) is 33.5 Å². The first-order valence-electron chi connectivity index (χ1n) is 13.3. The van der Waals surface area contributed by atoms with E-state index in [0.717, 1.165) is 11.1 Å². The number of imide groups is 1. The molecule has 11 heteroatoms. The highest BCUT2D eigenvalue weighted by Gasteiger charge is 2.33. The Balaban J connectivity index is 1.11. The molecule has 2 aromatic rings. The first-order valence-corrected chi connectivity index (χ1v) is 13.3. The molecule has 0 bridgehead atoms. The van der Waals surface area contributed by atoms with Crippen molar-refractivity contribution in [2.45, 2.75) is 51.0 Å². The van der Waals surface area contributed by atoms with Crippen molar-refractivity contribution in [3.05, 3.63) is 59.7 Å². The molecule has 1 heterocycles. The van der Waals surface area contributed by atoms with Gasteiger partial charge in [0.1, 0.15) is 13.3 Å². The molecule has 0 atom stereocenters. The van der Waals surface area contributed by atoms with Crippen LogP contribution in [0.15, 0.2) is 48.5 Å². The van der Waals surface area contributed by atoms with Crippen molar-refractivity contribution in [1.82, 2.24) is 15.4 Å². The maximum absolute atomic E-state index is 12.4. The SMILES string of the molecule is CN(COC(C)(C)CCNC(=O)OCC1c2ccccc2-c2ccccc21)OCCC(=O)ON1C(=O)CCC1=O. The maximum Gasteiger partial charge on any atom is 0.407 e. The highest BCUT2D eigenvalue weighted by Crippen LogP contribution is 2.44. The predicted molar refractivity (Wildman–Crippen MR) is 143 cm³/mol. The minimum absolute atomic E-state index is 0.000480. The standard InChI is InChI=1S/C29H35N3O8/c1-29(2,38-19-31(3)39-17-14-27(35)40-32-25(33)12-13-26(32)34)15-16-30-28(36)37-18-24-22-10-6-4-8-20(22)21-9-5-7-11-23(21)24/h4-11,24H,12-19H2,1-3H3,(H,30,36). The smallest absolute Gasteiger partial charge is 0.407 e. The van der Waals surface area contributed by atoms with Crippen LogP contribution in [0.3, 0.4) is 0 Å². The number of hydroxylamine groups is 4. The highest BCUT2D eigenvalue weighted by molar-refractivity contribution is 6.01. The number of hydrogen-bond acceptors (Lipinski definition) is 9. The van der Waals surface area contributed by atoms with Crippen molar-refractivity contribution in [3.63, 3.8) is 0 Å². The van der Waals surface area contributed by atoms with Crippen LogP contribution in [0.2, 0.25) is 0 Å². The fourth-order valence-electron chi connectivity index (χ4n) is 4.58. The van der Waals surface area contributed by atoms with Gasteiger partial charge >= 0.3 is 12.1 Å². The third-order valence-electron chi connectivity index (χ3n) is 6.79. The van der Waals surface area contributed by atoms with Crippen LogP contribution in [0.5, 0.6) is 0 Å². The number of carbonyl (C=O) groups is 4. The molecule has 1 N–H and O–H groups in total. The van der Waals surface area contributed by atoms with E-state index in [9.17, 15) is 19.2 Å². The number of hydrogen-bond donors (Lipinski definition) is 1. The van der Waals surface area contributed by atoms with Crippen LogP contribution in [-0.2, 0) is 33.5 Å². The summed E-state index contributed by atoms with van der Waals surface area (Å²) in [5.41, 5.74) is 4.09. The second-order valence-electron chi connectivity index (χ2n) is 10.3. The third-order valence-corrected chi connectivity index (χ3v) is 6.79. The summed E-state index contributed by atoms with van der Waals surface area (Å²) in [6, 6.07) is 16.4. The van der Waals surface area contributed by atoms with Gasteiger partial charge in [0.05, 0.1) is 18.6 Å². The Morgan fingerprint density at radius 3 is 2.23 bits per heavy atom. The van der Waals surface area contributed by atoms with Crippen LogP contribution >= 0.6 is 0 Å². The highest BCUT2D eigenvalue weighted by atomic mass is 16.7. The molecule has 11 nitrogen and oxygen atoms in total. The quantitative estimate of drug-likeness (QED) is 0.225. The summed E-state index contributed by atoms with van der Waals surface area (Å²) < 4.78 is 11.5. The van der Waals surface area contributed by atoms with E-state index in [0.29, 0.717) is 18.0 Å². The Morgan fingerprint density at radius 2 is 1.60 bits per heavy atom. The maximum atomic E-state index is 12.4. The van der Waals surface area contributed by atoms with E-state index in [2.05, 4.69) is 29.6 Å². The second-order valence-corrected chi connectivity index (χ2v) is 10.3. The summed E-state index contributed by atoms with van der Waals surface area (Å²) in [5, 5.41) is 4.72. The lowest BCUT2D eigenvalue weighted by molar-refractivity contribution is -0.221. The lowest BCUT2D eigenvalue weighted by Gasteiger charge is -2.28. The van der Waals surface area contributed by atoms with Crippen LogP contribution in [0.25, 0.3) is 11.1 Å². The Morgan fingerprint density at radius 1 is 1.00 bits per heavy atom. The summed E-state index contributed by atoms with van der Waals surface area (Å²) in [4.78, 5) is 57.5. The zero-order valence-electron chi connectivity index (χ0n) is 23.0. The lowest BCUT2D eigenvalue weighted by atomic mass is 9.98. The van der Waals surface area contributed by atoms with Crippen LogP contribution in [0.1, 0.15) is 56.6 Å². The van der Waals surface area contributed by atoms with E-state index in [4.69, 9.17) is 19.1 Å². The minimum Gasteiger partial charge on any atom is -0.449 e. The average molecular weight is 554 g/mol. The van der Waals surface area contributed by atoms with Gasteiger partial charge in [0.2, 0.25) is 0 Å². The number of nitrogens with zero attached hydrogens (tertiary/aromatic N) is 2. The largest absolute Gasteiger partial charge is 0.449 e. The number of rotatable bonds is 13. The second kappa shape index (κ2) is 13.0. The summed E-state index contributed by atoms with van der Waals surface area (Å²) in [6.45, 7) is 4.48. The third kappa shape index (κ3) is 7.44. The van der Waals surface area contributed by atoms with Gasteiger partial charge in [-0.1, -0.05) is 48.5 Å². The Labute approximate surface area is 233 Å². The van der Waals surface area contributed by atoms with Gasteiger partial charge in [-0.2, -0.15) is 5.06 Å². The molecule has 0 unspecified atom stereocenters. The molecule has 0 saturated carbocycles. The van der Waals surface area contributed by atoms with Crippen molar-refractivity contribution in [3.8, 4) is 11.1 Å². The van der Waals surface area contributed by atoms with Gasteiger partial charge in [0, 0.05) is 32.4 Å². The van der Waals surface area contributed by atoms with Crippen LogP contribution in [0.4, 0.5) is 4.79 Å². The van der Waals surface area contributed by atoms with E-state index in [1.807, 2.05) is 38.1 Å². The van der Waals surface area contributed by atoms with Crippen molar-refractivity contribution in [2.24, 2.45) is 0 Å². The molecule has 0 spiro atoms. The summed E-state index contributed by atoms with van der Waals surface area (Å²) >= 11 is 0. The molecule has 40 heavy (non-hydrogen) atoms.